The number of nitrogens with one attached hydrogen (secondary N) is 1. The summed E-state index contributed by atoms with van der Waals surface area (Å²) in [6.45, 7) is 14.4. The number of rotatable bonds is 9. The van der Waals surface area contributed by atoms with E-state index in [9.17, 15) is 4.79 Å². The summed E-state index contributed by atoms with van der Waals surface area (Å²) in [6, 6.07) is 0. The van der Waals surface area contributed by atoms with Crippen molar-refractivity contribution >= 4 is 5.97 Å². The van der Waals surface area contributed by atoms with Crippen LogP contribution in [0.1, 0.15) is 41.0 Å². The van der Waals surface area contributed by atoms with Crippen LogP contribution in [0.15, 0.2) is 0 Å². The number of aliphatic carboxylic acids is 1. The first kappa shape index (κ1) is 16.4. The van der Waals surface area contributed by atoms with Crippen molar-refractivity contribution in [2.45, 2.75) is 46.6 Å². The van der Waals surface area contributed by atoms with E-state index >= 15 is 0 Å². The van der Waals surface area contributed by atoms with Crippen LogP contribution in [0.2, 0.25) is 0 Å². The Morgan fingerprint density at radius 1 is 1.24 bits per heavy atom. The highest BCUT2D eigenvalue weighted by Crippen LogP contribution is 2.09. The van der Waals surface area contributed by atoms with Crippen molar-refractivity contribution in [1.82, 2.24) is 5.32 Å². The second-order valence-electron chi connectivity index (χ2n) is 5.41. The zero-order valence-electron chi connectivity index (χ0n) is 12.0. The van der Waals surface area contributed by atoms with Crippen LogP contribution in [-0.4, -0.2) is 53.8 Å². The largest absolute Gasteiger partial charge is 0.477 e. The molecule has 0 saturated heterocycles. The van der Waals surface area contributed by atoms with Crippen LogP contribution in [0, 0.1) is 0 Å². The number of hydrogen-bond donors (Lipinski definition) is 2. The van der Waals surface area contributed by atoms with Crippen molar-refractivity contribution in [2.75, 3.05) is 32.7 Å². The van der Waals surface area contributed by atoms with Gasteiger partial charge in [-0.25, -0.2) is 4.79 Å². The van der Waals surface area contributed by atoms with Gasteiger partial charge in [0.15, 0.2) is 6.54 Å². The normalized spacial score (nSPS) is 12.8. The zero-order chi connectivity index (χ0) is 13.5. The molecule has 0 aromatic rings. The Balaban J connectivity index is 4.31. The average Bonchev–Trinajstić information content (AvgIpc) is 2.27. The van der Waals surface area contributed by atoms with E-state index in [2.05, 4.69) is 39.9 Å². The Hall–Kier alpha value is -0.610. The lowest BCUT2D eigenvalue weighted by atomic mass is 10.0. The highest BCUT2D eigenvalue weighted by Gasteiger charge is 2.27. The molecular formula is C13H29N2O2+. The molecule has 0 aliphatic rings. The molecule has 17 heavy (non-hydrogen) atoms. The van der Waals surface area contributed by atoms with Crippen molar-refractivity contribution in [3.63, 3.8) is 0 Å². The summed E-state index contributed by atoms with van der Waals surface area (Å²) < 4.78 is 0.655. The summed E-state index contributed by atoms with van der Waals surface area (Å²) in [4.78, 5) is 10.9. The fourth-order valence-electron chi connectivity index (χ4n) is 1.89. The van der Waals surface area contributed by atoms with E-state index in [1.807, 2.05) is 0 Å². The fraction of sp³-hybridized carbons (Fsp3) is 0.923. The molecule has 0 aliphatic carbocycles. The van der Waals surface area contributed by atoms with Gasteiger partial charge in [-0.05, 0) is 34.1 Å². The summed E-state index contributed by atoms with van der Waals surface area (Å²) in [7, 11) is 0. The van der Waals surface area contributed by atoms with Crippen molar-refractivity contribution in [3.05, 3.63) is 0 Å². The molecule has 0 aromatic carbocycles. The van der Waals surface area contributed by atoms with E-state index in [0.717, 1.165) is 32.6 Å². The minimum atomic E-state index is -0.705. The number of carbonyl (C=O) groups is 1. The first-order valence-electron chi connectivity index (χ1n) is 6.62. The van der Waals surface area contributed by atoms with E-state index in [1.54, 1.807) is 0 Å². The van der Waals surface area contributed by atoms with Crippen LogP contribution in [-0.2, 0) is 4.79 Å². The molecule has 0 rings (SSSR count). The predicted octanol–water partition coefficient (Wildman–Crippen LogP) is 1.71. The van der Waals surface area contributed by atoms with E-state index in [4.69, 9.17) is 5.11 Å². The maximum atomic E-state index is 10.9. The zero-order valence-corrected chi connectivity index (χ0v) is 12.0. The summed E-state index contributed by atoms with van der Waals surface area (Å²) >= 11 is 0. The molecule has 0 fully saturated rings. The molecular weight excluding hydrogens is 216 g/mol. The molecule has 4 nitrogen and oxygen atoms in total. The monoisotopic (exact) mass is 245 g/mol. The Labute approximate surface area is 106 Å². The van der Waals surface area contributed by atoms with Crippen molar-refractivity contribution < 1.29 is 14.4 Å². The fourth-order valence-corrected chi connectivity index (χ4v) is 1.89. The van der Waals surface area contributed by atoms with Gasteiger partial charge < -0.3 is 14.9 Å². The van der Waals surface area contributed by atoms with Crippen LogP contribution in [0.4, 0.5) is 0 Å². The highest BCUT2D eigenvalue weighted by molar-refractivity contribution is 5.67. The molecule has 102 valence electrons. The lowest BCUT2D eigenvalue weighted by Gasteiger charge is -2.36. The smallest absolute Gasteiger partial charge is 0.359 e. The number of nitrogens with zero attached hydrogens (tertiary/aromatic N) is 1. The van der Waals surface area contributed by atoms with Gasteiger partial charge in [-0.2, -0.15) is 0 Å². The minimum Gasteiger partial charge on any atom is -0.477 e. The molecule has 0 spiro atoms. The number of carboxylic acids is 1. The molecule has 0 bridgehead atoms. The van der Waals surface area contributed by atoms with Gasteiger partial charge in [-0.3, -0.25) is 0 Å². The topological polar surface area (TPSA) is 49.3 Å². The third-order valence-corrected chi connectivity index (χ3v) is 3.89. The quantitative estimate of drug-likeness (QED) is 0.608. The molecule has 0 atom stereocenters. The van der Waals surface area contributed by atoms with Crippen LogP contribution in [0.5, 0.6) is 0 Å². The molecule has 0 unspecified atom stereocenters. The first-order valence-corrected chi connectivity index (χ1v) is 6.62. The molecule has 0 aliphatic heterocycles. The van der Waals surface area contributed by atoms with E-state index in [-0.39, 0.29) is 12.1 Å². The molecule has 0 amide bonds. The van der Waals surface area contributed by atoms with Gasteiger partial charge in [0.1, 0.15) is 0 Å². The van der Waals surface area contributed by atoms with Gasteiger partial charge in [-0.1, -0.05) is 6.92 Å². The summed E-state index contributed by atoms with van der Waals surface area (Å²) in [5, 5.41) is 12.5. The van der Waals surface area contributed by atoms with Gasteiger partial charge in [0, 0.05) is 12.1 Å². The van der Waals surface area contributed by atoms with E-state index in [1.165, 1.54) is 0 Å². The lowest BCUT2D eigenvalue weighted by molar-refractivity contribution is -0.917. The summed E-state index contributed by atoms with van der Waals surface area (Å²) in [5.41, 5.74) is 0.139. The number of quaternary nitrogens is 1. The van der Waals surface area contributed by atoms with Crippen molar-refractivity contribution in [1.29, 1.82) is 0 Å². The maximum absolute atomic E-state index is 10.9. The number of likely N-dealkylation sites (N-methyl/N-ethyl adjacent to an activating group) is 1. The van der Waals surface area contributed by atoms with Gasteiger partial charge in [0.2, 0.25) is 0 Å². The van der Waals surface area contributed by atoms with Crippen LogP contribution in [0.3, 0.4) is 0 Å². The first-order chi connectivity index (χ1) is 7.81. The van der Waals surface area contributed by atoms with Crippen molar-refractivity contribution in [3.8, 4) is 0 Å². The highest BCUT2D eigenvalue weighted by atomic mass is 16.4. The Morgan fingerprint density at radius 3 is 2.12 bits per heavy atom. The standard InChI is InChI=1S/C13H28N2O2/c1-6-13(4,5)14-9-10-15(7-2,8-3)11-12(16)17/h14H,6-11H2,1-5H3/p+1. The molecule has 4 heteroatoms. The Kier molecular flexibility index (Phi) is 6.72. The van der Waals surface area contributed by atoms with E-state index < -0.39 is 5.97 Å². The number of carboxylic acid groups (broad SMARTS) is 1. The minimum absolute atomic E-state index is 0.139. The summed E-state index contributed by atoms with van der Waals surface area (Å²) in [5.74, 6) is -0.705. The van der Waals surface area contributed by atoms with Gasteiger partial charge in [-0.15, -0.1) is 0 Å². The molecule has 0 heterocycles. The average molecular weight is 245 g/mol. The molecule has 0 aromatic heterocycles. The van der Waals surface area contributed by atoms with Crippen LogP contribution >= 0.6 is 0 Å². The predicted molar refractivity (Wildman–Crippen MR) is 71.1 cm³/mol. The Bertz CT molecular complexity index is 236. The van der Waals surface area contributed by atoms with Crippen LogP contribution in [0.25, 0.3) is 0 Å². The molecule has 0 radical (unpaired) electrons. The second-order valence-corrected chi connectivity index (χ2v) is 5.41. The Morgan fingerprint density at radius 2 is 1.76 bits per heavy atom. The SMILES string of the molecule is CCC(C)(C)NCC[N+](CC)(CC)CC(=O)O. The van der Waals surface area contributed by atoms with Crippen molar-refractivity contribution in [2.24, 2.45) is 0 Å². The third kappa shape index (κ3) is 6.03. The van der Waals surface area contributed by atoms with Gasteiger partial charge in [0.05, 0.1) is 19.6 Å². The third-order valence-electron chi connectivity index (χ3n) is 3.89. The molecule has 0 saturated carbocycles. The maximum Gasteiger partial charge on any atom is 0.359 e. The van der Waals surface area contributed by atoms with E-state index in [0.29, 0.717) is 4.48 Å². The van der Waals surface area contributed by atoms with Gasteiger partial charge >= 0.3 is 5.97 Å². The van der Waals surface area contributed by atoms with Gasteiger partial charge in [0.25, 0.3) is 0 Å². The lowest BCUT2D eigenvalue weighted by Crippen LogP contribution is -2.55. The van der Waals surface area contributed by atoms with Crippen LogP contribution < -0.4 is 5.32 Å². The summed E-state index contributed by atoms with van der Waals surface area (Å²) in [6.07, 6.45) is 1.07. The second kappa shape index (κ2) is 6.97. The number of hydrogen-bond acceptors (Lipinski definition) is 2. The molecule has 2 N–H and O–H groups in total.